The maximum Gasteiger partial charge on any atom is 0.279 e. The second-order valence-electron chi connectivity index (χ2n) is 6.35. The third-order valence-electron chi connectivity index (χ3n) is 3.95. The standard InChI is InChI=1S/C21H25ClN2O5/c1-5-10-28-17-9-7-15(12-19(17)27-4)21(26)24-23-20(25)14(3)29-18-11-13(2)6-8-16(18)22/h6-9,11-12,14H,5,10H2,1-4H3,(H,23,25)(H,24,26). The van der Waals surface area contributed by atoms with Crippen molar-refractivity contribution in [1.29, 1.82) is 0 Å². The van der Waals surface area contributed by atoms with Crippen LogP contribution >= 0.6 is 11.6 Å². The van der Waals surface area contributed by atoms with E-state index in [9.17, 15) is 9.59 Å². The van der Waals surface area contributed by atoms with Crippen LogP contribution in [0.1, 0.15) is 36.2 Å². The van der Waals surface area contributed by atoms with Crippen LogP contribution in [0.4, 0.5) is 0 Å². The summed E-state index contributed by atoms with van der Waals surface area (Å²) in [7, 11) is 1.49. The molecule has 2 N–H and O–H groups in total. The molecule has 0 aliphatic rings. The lowest BCUT2D eigenvalue weighted by atomic mass is 10.2. The van der Waals surface area contributed by atoms with Gasteiger partial charge < -0.3 is 14.2 Å². The second kappa shape index (κ2) is 10.6. The van der Waals surface area contributed by atoms with Crippen molar-refractivity contribution < 1.29 is 23.8 Å². The SMILES string of the molecule is CCCOc1ccc(C(=O)NNC(=O)C(C)Oc2cc(C)ccc2Cl)cc1OC. The van der Waals surface area contributed by atoms with Crippen molar-refractivity contribution in [3.05, 3.63) is 52.5 Å². The third kappa shape index (κ3) is 6.29. The Balaban J connectivity index is 1.95. The normalized spacial score (nSPS) is 11.3. The van der Waals surface area contributed by atoms with E-state index in [2.05, 4.69) is 10.9 Å². The van der Waals surface area contributed by atoms with Crippen molar-refractivity contribution in [2.24, 2.45) is 0 Å². The first-order valence-corrected chi connectivity index (χ1v) is 9.57. The number of carbonyl (C=O) groups is 2. The number of methoxy groups -OCH3 is 1. The van der Waals surface area contributed by atoms with Gasteiger partial charge in [-0.3, -0.25) is 20.4 Å². The molecule has 2 aromatic carbocycles. The Morgan fingerprint density at radius 1 is 1.07 bits per heavy atom. The topological polar surface area (TPSA) is 85.9 Å². The number of amides is 2. The Morgan fingerprint density at radius 2 is 1.83 bits per heavy atom. The van der Waals surface area contributed by atoms with Crippen molar-refractivity contribution in [2.75, 3.05) is 13.7 Å². The molecule has 1 unspecified atom stereocenters. The van der Waals surface area contributed by atoms with Gasteiger partial charge in [0.1, 0.15) is 5.75 Å². The van der Waals surface area contributed by atoms with Crippen LogP contribution < -0.4 is 25.1 Å². The van der Waals surface area contributed by atoms with Gasteiger partial charge in [-0.2, -0.15) is 0 Å². The summed E-state index contributed by atoms with van der Waals surface area (Å²) in [5, 5.41) is 0.400. The van der Waals surface area contributed by atoms with Crippen molar-refractivity contribution >= 4 is 23.4 Å². The van der Waals surface area contributed by atoms with Gasteiger partial charge in [-0.15, -0.1) is 0 Å². The highest BCUT2D eigenvalue weighted by molar-refractivity contribution is 6.32. The highest BCUT2D eigenvalue weighted by Crippen LogP contribution is 2.28. The van der Waals surface area contributed by atoms with Crippen LogP contribution in [0.25, 0.3) is 0 Å². The summed E-state index contributed by atoms with van der Waals surface area (Å²) in [6.45, 7) is 5.99. The Kier molecular flexibility index (Phi) is 8.15. The van der Waals surface area contributed by atoms with E-state index in [0.29, 0.717) is 34.4 Å². The van der Waals surface area contributed by atoms with E-state index in [0.717, 1.165) is 12.0 Å². The first-order chi connectivity index (χ1) is 13.8. The van der Waals surface area contributed by atoms with E-state index < -0.39 is 17.9 Å². The Labute approximate surface area is 175 Å². The zero-order chi connectivity index (χ0) is 21.4. The minimum Gasteiger partial charge on any atom is -0.493 e. The highest BCUT2D eigenvalue weighted by Gasteiger charge is 2.18. The fraction of sp³-hybridized carbons (Fsp3) is 0.333. The number of nitrogens with one attached hydrogen (secondary N) is 2. The molecule has 0 fully saturated rings. The Hall–Kier alpha value is -2.93. The number of ether oxygens (including phenoxy) is 3. The van der Waals surface area contributed by atoms with E-state index in [-0.39, 0.29) is 0 Å². The molecule has 1 atom stereocenters. The van der Waals surface area contributed by atoms with E-state index in [1.54, 1.807) is 37.3 Å². The number of carbonyl (C=O) groups excluding carboxylic acids is 2. The largest absolute Gasteiger partial charge is 0.493 e. The quantitative estimate of drug-likeness (QED) is 0.636. The van der Waals surface area contributed by atoms with Crippen LogP contribution in [-0.4, -0.2) is 31.6 Å². The maximum absolute atomic E-state index is 12.3. The fourth-order valence-electron chi connectivity index (χ4n) is 2.38. The van der Waals surface area contributed by atoms with Gasteiger partial charge in [0, 0.05) is 5.56 Å². The predicted octanol–water partition coefficient (Wildman–Crippen LogP) is 3.67. The monoisotopic (exact) mass is 420 g/mol. The molecule has 0 aromatic heterocycles. The van der Waals surface area contributed by atoms with Gasteiger partial charge in [-0.25, -0.2) is 0 Å². The van der Waals surface area contributed by atoms with Gasteiger partial charge in [-0.05, 0) is 56.2 Å². The lowest BCUT2D eigenvalue weighted by Gasteiger charge is -2.16. The van der Waals surface area contributed by atoms with E-state index in [1.165, 1.54) is 7.11 Å². The second-order valence-corrected chi connectivity index (χ2v) is 6.76. The van der Waals surface area contributed by atoms with Gasteiger partial charge in [0.25, 0.3) is 11.8 Å². The van der Waals surface area contributed by atoms with Gasteiger partial charge in [0.2, 0.25) is 0 Å². The first-order valence-electron chi connectivity index (χ1n) is 9.19. The zero-order valence-corrected chi connectivity index (χ0v) is 17.6. The summed E-state index contributed by atoms with van der Waals surface area (Å²) in [6.07, 6.45) is -0.0141. The molecule has 29 heavy (non-hydrogen) atoms. The minimum atomic E-state index is -0.867. The van der Waals surface area contributed by atoms with Gasteiger partial charge in [-0.1, -0.05) is 24.6 Å². The molecular formula is C21H25ClN2O5. The average Bonchev–Trinajstić information content (AvgIpc) is 2.72. The van der Waals surface area contributed by atoms with Crippen LogP contribution in [0.5, 0.6) is 17.2 Å². The van der Waals surface area contributed by atoms with Crippen molar-refractivity contribution in [1.82, 2.24) is 10.9 Å². The van der Waals surface area contributed by atoms with E-state index >= 15 is 0 Å². The van der Waals surface area contributed by atoms with Gasteiger partial charge >= 0.3 is 0 Å². The van der Waals surface area contributed by atoms with Crippen LogP contribution in [0.2, 0.25) is 5.02 Å². The predicted molar refractivity (Wildman–Crippen MR) is 111 cm³/mol. The van der Waals surface area contributed by atoms with E-state index in [4.69, 9.17) is 25.8 Å². The molecule has 2 amide bonds. The molecule has 7 nitrogen and oxygen atoms in total. The molecule has 0 radical (unpaired) electrons. The summed E-state index contributed by atoms with van der Waals surface area (Å²) in [6, 6.07) is 10.0. The van der Waals surface area contributed by atoms with Crippen LogP contribution in [0.3, 0.4) is 0 Å². The molecule has 0 bridgehead atoms. The molecular weight excluding hydrogens is 396 g/mol. The average molecular weight is 421 g/mol. The molecule has 2 rings (SSSR count). The first kappa shape index (κ1) is 22.4. The van der Waals surface area contributed by atoms with E-state index in [1.807, 2.05) is 19.9 Å². The summed E-state index contributed by atoms with van der Waals surface area (Å²) < 4.78 is 16.4. The fourth-order valence-corrected chi connectivity index (χ4v) is 2.54. The smallest absolute Gasteiger partial charge is 0.279 e. The molecule has 0 spiro atoms. The van der Waals surface area contributed by atoms with Crippen LogP contribution in [-0.2, 0) is 4.79 Å². The molecule has 0 aliphatic heterocycles. The van der Waals surface area contributed by atoms with Crippen molar-refractivity contribution in [3.63, 3.8) is 0 Å². The van der Waals surface area contributed by atoms with Gasteiger partial charge in [0.05, 0.1) is 18.7 Å². The third-order valence-corrected chi connectivity index (χ3v) is 4.26. The molecule has 2 aromatic rings. The zero-order valence-electron chi connectivity index (χ0n) is 16.9. The summed E-state index contributed by atoms with van der Waals surface area (Å²) >= 11 is 6.08. The highest BCUT2D eigenvalue weighted by atomic mass is 35.5. The maximum atomic E-state index is 12.3. The van der Waals surface area contributed by atoms with Gasteiger partial charge in [0.15, 0.2) is 17.6 Å². The Bertz CT molecular complexity index is 872. The molecule has 8 heteroatoms. The number of halogens is 1. The molecule has 0 saturated carbocycles. The summed E-state index contributed by atoms with van der Waals surface area (Å²) in [5.74, 6) is 0.355. The number of rotatable bonds is 8. The number of hydrogen-bond donors (Lipinski definition) is 2. The number of hydrazine groups is 1. The van der Waals surface area contributed by atoms with Crippen molar-refractivity contribution in [3.8, 4) is 17.2 Å². The van der Waals surface area contributed by atoms with Crippen LogP contribution in [0.15, 0.2) is 36.4 Å². The number of aryl methyl sites for hydroxylation is 1. The lowest BCUT2D eigenvalue weighted by molar-refractivity contribution is -0.128. The molecule has 0 heterocycles. The molecule has 0 saturated heterocycles. The number of hydrogen-bond acceptors (Lipinski definition) is 5. The molecule has 0 aliphatic carbocycles. The summed E-state index contributed by atoms with van der Waals surface area (Å²) in [4.78, 5) is 24.6. The minimum absolute atomic E-state index is 0.307. The molecule has 156 valence electrons. The Morgan fingerprint density at radius 3 is 2.52 bits per heavy atom. The summed E-state index contributed by atoms with van der Waals surface area (Å²) in [5.41, 5.74) is 5.96. The number of benzene rings is 2. The lowest BCUT2D eigenvalue weighted by Crippen LogP contribution is -2.47. The van der Waals surface area contributed by atoms with Crippen LogP contribution in [0, 0.1) is 6.92 Å². The van der Waals surface area contributed by atoms with Crippen molar-refractivity contribution in [2.45, 2.75) is 33.3 Å².